The van der Waals surface area contributed by atoms with Crippen molar-refractivity contribution < 1.29 is 26.9 Å². The van der Waals surface area contributed by atoms with Crippen molar-refractivity contribution in [3.63, 3.8) is 0 Å². The fourth-order valence-electron chi connectivity index (χ4n) is 3.56. The number of carbonyl (C=O) groups excluding carboxylic acids is 1. The Hall–Kier alpha value is -3.00. The van der Waals surface area contributed by atoms with E-state index in [1.807, 2.05) is 6.92 Å². The molecule has 3 rings (SSSR count). The number of esters is 1. The first-order chi connectivity index (χ1) is 16.1. The van der Waals surface area contributed by atoms with E-state index in [0.29, 0.717) is 39.6 Å². The Kier molecular flexibility index (Phi) is 8.25. The molecule has 34 heavy (non-hydrogen) atoms. The molecule has 0 radical (unpaired) electrons. The second kappa shape index (κ2) is 11.0. The molecule has 0 aliphatic carbocycles. The molecule has 2 atom stereocenters. The third-order valence-electron chi connectivity index (χ3n) is 5.32. The van der Waals surface area contributed by atoms with Gasteiger partial charge in [-0.05, 0) is 61.4 Å². The van der Waals surface area contributed by atoms with Gasteiger partial charge in [0.15, 0.2) is 0 Å². The van der Waals surface area contributed by atoms with Gasteiger partial charge in [-0.1, -0.05) is 38.0 Å². The van der Waals surface area contributed by atoms with Crippen molar-refractivity contribution in [2.45, 2.75) is 56.4 Å². The summed E-state index contributed by atoms with van der Waals surface area (Å²) in [6.45, 7) is 5.15. The van der Waals surface area contributed by atoms with Crippen LogP contribution in [-0.2, 0) is 21.8 Å². The van der Waals surface area contributed by atoms with E-state index < -0.39 is 33.8 Å². The number of hydrogen-bond acceptors (Lipinski definition) is 4. The molecule has 0 bridgehead atoms. The number of aromatic nitrogens is 1. The molecule has 2 aromatic carbocycles. The molecule has 0 saturated carbocycles. The Bertz CT molecular complexity index is 1180. The van der Waals surface area contributed by atoms with Gasteiger partial charge in [-0.25, -0.2) is 0 Å². The minimum Gasteiger partial charge on any atom is -0.426 e. The maximum absolute atomic E-state index is 13.6. The van der Waals surface area contributed by atoms with E-state index in [1.165, 1.54) is 19.1 Å². The van der Waals surface area contributed by atoms with Crippen molar-refractivity contribution in [3.05, 3.63) is 77.5 Å². The number of aryl methyl sites for hydroxylation is 1. The standard InChI is InChI=1S/C26H26F3NO3S/c1-4-5-9-25(34(32)21-14-15-24(17(2)16-21)33-18(3)31)23-8-6-7-22(30-23)19-10-12-20(13-11-19)26(27,28)29/h6-8,10-16,25H,4-5,9H2,1-3H3. The van der Waals surface area contributed by atoms with Crippen molar-refractivity contribution in [1.82, 2.24) is 4.98 Å². The Labute approximate surface area is 199 Å². The highest BCUT2D eigenvalue weighted by Gasteiger charge is 2.30. The van der Waals surface area contributed by atoms with Crippen LogP contribution >= 0.6 is 0 Å². The van der Waals surface area contributed by atoms with Crippen LogP contribution in [0.4, 0.5) is 13.2 Å². The van der Waals surface area contributed by atoms with Crippen LogP contribution < -0.4 is 4.74 Å². The number of nitrogens with zero attached hydrogens (tertiary/aromatic N) is 1. The number of alkyl halides is 3. The fourth-order valence-corrected chi connectivity index (χ4v) is 5.11. The van der Waals surface area contributed by atoms with E-state index in [1.54, 1.807) is 43.3 Å². The monoisotopic (exact) mass is 489 g/mol. The summed E-state index contributed by atoms with van der Waals surface area (Å²) >= 11 is 0. The number of carbonyl (C=O) groups is 1. The van der Waals surface area contributed by atoms with Crippen LogP contribution in [-0.4, -0.2) is 15.2 Å². The predicted octanol–water partition coefficient (Wildman–Crippen LogP) is 7.04. The zero-order valence-corrected chi connectivity index (χ0v) is 20.0. The van der Waals surface area contributed by atoms with Crippen LogP contribution in [0.5, 0.6) is 5.75 Å². The zero-order chi connectivity index (χ0) is 24.9. The molecule has 0 amide bonds. The minimum atomic E-state index is -4.40. The molecule has 4 nitrogen and oxygen atoms in total. The molecule has 180 valence electrons. The smallest absolute Gasteiger partial charge is 0.416 e. The summed E-state index contributed by atoms with van der Waals surface area (Å²) < 4.78 is 57.4. The van der Waals surface area contributed by atoms with Crippen LogP contribution in [0.3, 0.4) is 0 Å². The second-order valence-corrected chi connectivity index (χ2v) is 9.61. The number of ether oxygens (including phenoxy) is 1. The summed E-state index contributed by atoms with van der Waals surface area (Å²) in [5.74, 6) is -0.0112. The van der Waals surface area contributed by atoms with Gasteiger partial charge in [-0.2, -0.15) is 13.2 Å². The molecule has 2 unspecified atom stereocenters. The summed E-state index contributed by atoms with van der Waals surface area (Å²) in [5.41, 5.74) is 1.66. The van der Waals surface area contributed by atoms with Crippen molar-refractivity contribution in [2.24, 2.45) is 0 Å². The average molecular weight is 490 g/mol. The molecule has 1 aromatic heterocycles. The highest BCUT2D eigenvalue weighted by atomic mass is 32.2. The van der Waals surface area contributed by atoms with Crippen molar-refractivity contribution >= 4 is 16.8 Å². The molecular formula is C26H26F3NO3S. The molecular weight excluding hydrogens is 463 g/mol. The maximum atomic E-state index is 13.6. The Morgan fingerprint density at radius 3 is 2.38 bits per heavy atom. The van der Waals surface area contributed by atoms with Gasteiger partial charge in [0.1, 0.15) is 5.75 Å². The summed E-state index contributed by atoms with van der Waals surface area (Å²) in [4.78, 5) is 16.5. The molecule has 0 aliphatic rings. The predicted molar refractivity (Wildman–Crippen MR) is 126 cm³/mol. The first-order valence-corrected chi connectivity index (χ1v) is 12.2. The number of benzene rings is 2. The van der Waals surface area contributed by atoms with Crippen LogP contribution in [0.2, 0.25) is 0 Å². The van der Waals surface area contributed by atoms with E-state index in [4.69, 9.17) is 4.74 Å². The molecule has 0 saturated heterocycles. The molecule has 0 N–H and O–H groups in total. The maximum Gasteiger partial charge on any atom is 0.416 e. The SMILES string of the molecule is CCCCC(c1cccc(-c2ccc(C(F)(F)F)cc2)n1)S(=O)c1ccc(OC(C)=O)c(C)c1. The highest BCUT2D eigenvalue weighted by molar-refractivity contribution is 7.85. The molecule has 3 aromatic rings. The molecule has 0 aliphatic heterocycles. The lowest BCUT2D eigenvalue weighted by atomic mass is 10.1. The molecule has 8 heteroatoms. The van der Waals surface area contributed by atoms with Crippen molar-refractivity contribution in [1.29, 1.82) is 0 Å². The van der Waals surface area contributed by atoms with Crippen molar-refractivity contribution in [3.8, 4) is 17.0 Å². The van der Waals surface area contributed by atoms with Gasteiger partial charge in [0.2, 0.25) is 0 Å². The van der Waals surface area contributed by atoms with E-state index in [2.05, 4.69) is 4.98 Å². The number of unbranched alkanes of at least 4 members (excludes halogenated alkanes) is 1. The van der Waals surface area contributed by atoms with Gasteiger partial charge < -0.3 is 4.74 Å². The van der Waals surface area contributed by atoms with Gasteiger partial charge in [-0.15, -0.1) is 0 Å². The Balaban J connectivity index is 1.93. The van der Waals surface area contributed by atoms with Gasteiger partial charge in [0, 0.05) is 17.4 Å². The van der Waals surface area contributed by atoms with Gasteiger partial charge in [0.25, 0.3) is 0 Å². The molecule has 1 heterocycles. The first-order valence-electron chi connectivity index (χ1n) is 10.9. The number of pyridine rings is 1. The normalized spacial score (nSPS) is 13.4. The summed E-state index contributed by atoms with van der Waals surface area (Å²) in [5, 5.41) is -0.395. The van der Waals surface area contributed by atoms with Gasteiger partial charge in [-0.3, -0.25) is 14.0 Å². The number of rotatable bonds is 8. The number of halogens is 3. The van der Waals surface area contributed by atoms with Gasteiger partial charge >= 0.3 is 12.1 Å². The third kappa shape index (κ3) is 6.32. The largest absolute Gasteiger partial charge is 0.426 e. The topological polar surface area (TPSA) is 56.3 Å². The van der Waals surface area contributed by atoms with E-state index >= 15 is 0 Å². The lowest BCUT2D eigenvalue weighted by Gasteiger charge is -2.18. The lowest BCUT2D eigenvalue weighted by Crippen LogP contribution is -2.10. The third-order valence-corrected chi connectivity index (χ3v) is 7.03. The lowest BCUT2D eigenvalue weighted by molar-refractivity contribution is -0.137. The van der Waals surface area contributed by atoms with E-state index in [0.717, 1.165) is 25.0 Å². The fraction of sp³-hybridized carbons (Fsp3) is 0.308. The van der Waals surface area contributed by atoms with E-state index in [9.17, 15) is 22.2 Å². The number of hydrogen-bond donors (Lipinski definition) is 0. The first kappa shape index (κ1) is 25.6. The molecule has 0 spiro atoms. The summed E-state index contributed by atoms with van der Waals surface area (Å²) in [6, 6.07) is 15.2. The summed E-state index contributed by atoms with van der Waals surface area (Å²) in [6.07, 6.45) is -2.01. The summed E-state index contributed by atoms with van der Waals surface area (Å²) in [7, 11) is -1.44. The van der Waals surface area contributed by atoms with Gasteiger partial charge in [0.05, 0.1) is 33.0 Å². The van der Waals surface area contributed by atoms with Crippen LogP contribution in [0, 0.1) is 6.92 Å². The minimum absolute atomic E-state index is 0.395. The van der Waals surface area contributed by atoms with Crippen molar-refractivity contribution in [2.75, 3.05) is 0 Å². The van der Waals surface area contributed by atoms with Crippen LogP contribution in [0.1, 0.15) is 55.2 Å². The Morgan fingerprint density at radius 1 is 1.09 bits per heavy atom. The molecule has 0 fully saturated rings. The van der Waals surface area contributed by atoms with Crippen LogP contribution in [0.25, 0.3) is 11.3 Å². The van der Waals surface area contributed by atoms with Crippen LogP contribution in [0.15, 0.2) is 65.6 Å². The quantitative estimate of drug-likeness (QED) is 0.252. The zero-order valence-electron chi connectivity index (χ0n) is 19.2. The second-order valence-electron chi connectivity index (χ2n) is 7.97. The van der Waals surface area contributed by atoms with E-state index in [-0.39, 0.29) is 0 Å². The Morgan fingerprint density at radius 2 is 1.79 bits per heavy atom. The average Bonchev–Trinajstić information content (AvgIpc) is 2.80. The highest BCUT2D eigenvalue weighted by Crippen LogP contribution is 2.34.